The monoisotopic (exact) mass is 183 g/mol. The molecule has 1 amide bonds. The van der Waals surface area contributed by atoms with Gasteiger partial charge in [0.05, 0.1) is 25.3 Å². The van der Waals surface area contributed by atoms with Crippen LogP contribution in [0.3, 0.4) is 0 Å². The number of hydrogen-bond donors (Lipinski definition) is 1. The van der Waals surface area contributed by atoms with Crippen molar-refractivity contribution in [1.29, 1.82) is 5.26 Å². The third kappa shape index (κ3) is 2.17. The normalized spacial score (nSPS) is 29.5. The van der Waals surface area contributed by atoms with Gasteiger partial charge in [-0.2, -0.15) is 5.26 Å². The Morgan fingerprint density at radius 1 is 1.85 bits per heavy atom. The Morgan fingerprint density at radius 3 is 3.08 bits per heavy atom. The van der Waals surface area contributed by atoms with Gasteiger partial charge >= 0.3 is 0 Å². The molecule has 72 valence electrons. The first-order valence-electron chi connectivity index (χ1n) is 4.18. The van der Waals surface area contributed by atoms with Crippen LogP contribution in [0.1, 0.15) is 6.92 Å². The highest BCUT2D eigenvalue weighted by atomic mass is 16.5. The first-order valence-corrected chi connectivity index (χ1v) is 4.18. The highest BCUT2D eigenvalue weighted by Gasteiger charge is 2.33. The SMILES string of the molecule is C[C@H]1OCCN(CC#N)[C@@H]1C(N)=O. The van der Waals surface area contributed by atoms with Crippen molar-refractivity contribution in [3.05, 3.63) is 0 Å². The summed E-state index contributed by atoms with van der Waals surface area (Å²) in [5, 5.41) is 8.52. The molecule has 0 radical (unpaired) electrons. The third-order valence-corrected chi connectivity index (χ3v) is 2.16. The van der Waals surface area contributed by atoms with Crippen LogP contribution in [0.2, 0.25) is 0 Å². The van der Waals surface area contributed by atoms with Crippen LogP contribution in [0.5, 0.6) is 0 Å². The van der Waals surface area contributed by atoms with Crippen LogP contribution in [0, 0.1) is 11.3 Å². The number of amides is 1. The molecular formula is C8H13N3O2. The van der Waals surface area contributed by atoms with E-state index in [1.807, 2.05) is 6.07 Å². The van der Waals surface area contributed by atoms with Gasteiger partial charge in [-0.15, -0.1) is 0 Å². The minimum absolute atomic E-state index is 0.223. The van der Waals surface area contributed by atoms with E-state index in [0.29, 0.717) is 13.2 Å². The number of nitrogens with two attached hydrogens (primary N) is 1. The minimum atomic E-state index is -0.464. The van der Waals surface area contributed by atoms with E-state index >= 15 is 0 Å². The molecule has 0 unspecified atom stereocenters. The molecular weight excluding hydrogens is 170 g/mol. The molecule has 1 fully saturated rings. The van der Waals surface area contributed by atoms with E-state index in [1.54, 1.807) is 11.8 Å². The van der Waals surface area contributed by atoms with E-state index in [9.17, 15) is 4.79 Å². The lowest BCUT2D eigenvalue weighted by molar-refractivity contribution is -0.134. The Labute approximate surface area is 77.1 Å². The van der Waals surface area contributed by atoms with Crippen LogP contribution in [0.25, 0.3) is 0 Å². The van der Waals surface area contributed by atoms with E-state index in [-0.39, 0.29) is 12.6 Å². The number of nitriles is 1. The molecule has 0 saturated carbocycles. The van der Waals surface area contributed by atoms with Crippen molar-refractivity contribution >= 4 is 5.91 Å². The summed E-state index contributed by atoms with van der Waals surface area (Å²) in [6.45, 7) is 3.15. The van der Waals surface area contributed by atoms with E-state index in [2.05, 4.69) is 0 Å². The maximum Gasteiger partial charge on any atom is 0.237 e. The number of morpholine rings is 1. The molecule has 0 bridgehead atoms. The summed E-state index contributed by atoms with van der Waals surface area (Å²) < 4.78 is 5.28. The second kappa shape index (κ2) is 4.21. The van der Waals surface area contributed by atoms with Crippen molar-refractivity contribution < 1.29 is 9.53 Å². The summed E-state index contributed by atoms with van der Waals surface area (Å²) in [5.74, 6) is -0.428. The smallest absolute Gasteiger partial charge is 0.237 e. The van der Waals surface area contributed by atoms with E-state index in [4.69, 9.17) is 15.7 Å². The molecule has 1 rings (SSSR count). The lowest BCUT2D eigenvalue weighted by atomic mass is 10.1. The van der Waals surface area contributed by atoms with Crippen molar-refractivity contribution in [2.45, 2.75) is 19.1 Å². The van der Waals surface area contributed by atoms with Gasteiger partial charge in [0.2, 0.25) is 5.91 Å². The molecule has 0 aromatic carbocycles. The molecule has 1 saturated heterocycles. The lowest BCUT2D eigenvalue weighted by Gasteiger charge is -2.36. The Balaban J connectivity index is 2.69. The van der Waals surface area contributed by atoms with Gasteiger partial charge in [0.1, 0.15) is 6.04 Å². The van der Waals surface area contributed by atoms with Crippen molar-refractivity contribution in [2.24, 2.45) is 5.73 Å². The first kappa shape index (κ1) is 9.96. The zero-order chi connectivity index (χ0) is 9.84. The summed E-state index contributed by atoms with van der Waals surface area (Å²) in [5.41, 5.74) is 5.21. The van der Waals surface area contributed by atoms with E-state index < -0.39 is 11.9 Å². The quantitative estimate of drug-likeness (QED) is 0.562. The Hall–Kier alpha value is -1.12. The van der Waals surface area contributed by atoms with Crippen molar-refractivity contribution in [3.63, 3.8) is 0 Å². The van der Waals surface area contributed by atoms with Crippen LogP contribution in [-0.2, 0) is 9.53 Å². The fourth-order valence-electron chi connectivity index (χ4n) is 1.56. The van der Waals surface area contributed by atoms with Gasteiger partial charge in [0.25, 0.3) is 0 Å². The predicted molar refractivity (Wildman–Crippen MR) is 45.6 cm³/mol. The fourth-order valence-corrected chi connectivity index (χ4v) is 1.56. The lowest BCUT2D eigenvalue weighted by Crippen LogP contribution is -2.56. The molecule has 0 spiro atoms. The molecule has 0 aliphatic carbocycles. The molecule has 0 aromatic rings. The van der Waals surface area contributed by atoms with Crippen LogP contribution in [0.4, 0.5) is 0 Å². The van der Waals surface area contributed by atoms with Crippen LogP contribution in [0.15, 0.2) is 0 Å². The summed E-state index contributed by atoms with van der Waals surface area (Å²) in [4.78, 5) is 12.8. The van der Waals surface area contributed by atoms with Gasteiger partial charge in [-0.25, -0.2) is 0 Å². The zero-order valence-electron chi connectivity index (χ0n) is 7.56. The number of hydrogen-bond acceptors (Lipinski definition) is 4. The van der Waals surface area contributed by atoms with Gasteiger partial charge in [-0.1, -0.05) is 0 Å². The Morgan fingerprint density at radius 2 is 2.54 bits per heavy atom. The van der Waals surface area contributed by atoms with Crippen LogP contribution < -0.4 is 5.73 Å². The highest BCUT2D eigenvalue weighted by Crippen LogP contribution is 2.12. The average Bonchev–Trinajstić information content (AvgIpc) is 2.04. The Bertz CT molecular complexity index is 236. The largest absolute Gasteiger partial charge is 0.375 e. The molecule has 13 heavy (non-hydrogen) atoms. The molecule has 5 heteroatoms. The third-order valence-electron chi connectivity index (χ3n) is 2.16. The van der Waals surface area contributed by atoms with Gasteiger partial charge in [0, 0.05) is 6.54 Å². The maximum absolute atomic E-state index is 11.0. The van der Waals surface area contributed by atoms with Crippen molar-refractivity contribution in [1.82, 2.24) is 4.90 Å². The maximum atomic E-state index is 11.0. The van der Waals surface area contributed by atoms with Gasteiger partial charge in [0.15, 0.2) is 0 Å². The topological polar surface area (TPSA) is 79.3 Å². The first-order chi connectivity index (χ1) is 6.16. The van der Waals surface area contributed by atoms with E-state index in [1.165, 1.54) is 0 Å². The molecule has 2 atom stereocenters. The average molecular weight is 183 g/mol. The summed E-state index contributed by atoms with van der Waals surface area (Å²) in [6, 6.07) is 1.54. The molecule has 0 aromatic heterocycles. The summed E-state index contributed by atoms with van der Waals surface area (Å²) in [6.07, 6.45) is -0.223. The summed E-state index contributed by atoms with van der Waals surface area (Å²) in [7, 11) is 0. The fraction of sp³-hybridized carbons (Fsp3) is 0.750. The molecule has 5 nitrogen and oxygen atoms in total. The molecule has 2 N–H and O–H groups in total. The zero-order valence-corrected chi connectivity index (χ0v) is 7.56. The van der Waals surface area contributed by atoms with E-state index in [0.717, 1.165) is 0 Å². The second-order valence-electron chi connectivity index (χ2n) is 3.05. The summed E-state index contributed by atoms with van der Waals surface area (Å²) >= 11 is 0. The second-order valence-corrected chi connectivity index (χ2v) is 3.05. The number of carbonyl (C=O) groups is 1. The van der Waals surface area contributed by atoms with Crippen molar-refractivity contribution in [3.8, 4) is 6.07 Å². The molecule has 1 aliphatic rings. The van der Waals surface area contributed by atoms with Crippen molar-refractivity contribution in [2.75, 3.05) is 19.7 Å². The van der Waals surface area contributed by atoms with Crippen LogP contribution in [-0.4, -0.2) is 42.6 Å². The standard InChI is InChI=1S/C8H13N3O2/c1-6-7(8(10)12)11(3-2-9)4-5-13-6/h6-7H,3-5H2,1H3,(H2,10,12)/t6-,7+/m1/s1. The minimum Gasteiger partial charge on any atom is -0.375 e. The Kier molecular flexibility index (Phi) is 3.23. The van der Waals surface area contributed by atoms with Gasteiger partial charge in [-0.3, -0.25) is 9.69 Å². The van der Waals surface area contributed by atoms with Gasteiger partial charge in [-0.05, 0) is 6.92 Å². The highest BCUT2D eigenvalue weighted by molar-refractivity contribution is 5.80. The van der Waals surface area contributed by atoms with Gasteiger partial charge < -0.3 is 10.5 Å². The number of nitrogens with zero attached hydrogens (tertiary/aromatic N) is 2. The number of primary amides is 1. The number of ether oxygens (including phenoxy) is 1. The number of carbonyl (C=O) groups excluding carboxylic acids is 1. The predicted octanol–water partition coefficient (Wildman–Crippen LogP) is -0.915. The molecule has 1 aliphatic heterocycles. The van der Waals surface area contributed by atoms with Crippen LogP contribution >= 0.6 is 0 Å². The molecule has 1 heterocycles. The number of rotatable bonds is 2.